The van der Waals surface area contributed by atoms with Gasteiger partial charge in [0, 0.05) is 18.0 Å². The van der Waals surface area contributed by atoms with Crippen LogP contribution in [0.1, 0.15) is 44.2 Å². The van der Waals surface area contributed by atoms with Crippen molar-refractivity contribution in [2.45, 2.75) is 56.2 Å². The van der Waals surface area contributed by atoms with Gasteiger partial charge in [-0.25, -0.2) is 0 Å². The van der Waals surface area contributed by atoms with Crippen molar-refractivity contribution < 1.29 is 37.0 Å². The molecule has 1 amide bonds. The maximum Gasteiger partial charge on any atom is 0.417 e. The molecule has 0 N–H and O–H groups in total. The molecule has 1 aromatic carbocycles. The molecule has 4 fully saturated rings. The van der Waals surface area contributed by atoms with Crippen LogP contribution >= 0.6 is 0 Å². The van der Waals surface area contributed by atoms with Crippen LogP contribution < -0.4 is 4.90 Å². The number of rotatable bonds is 3. The standard InChI is InChI=1S/C23H23F3N2O5/c1-20-13(8-16(29)31-3)10-22(33-20)6-7-32-21(2)18(22)17(20)19(30)28(21)14-5-4-12(11-27)15(9-14)23(24,25)26/h4-5,9,13,17-18H,6-8,10H2,1-3H3/t13-,17+,18-,20+,21-,22-/m0/s1. The summed E-state index contributed by atoms with van der Waals surface area (Å²) in [7, 11) is 1.30. The van der Waals surface area contributed by atoms with Crippen molar-refractivity contribution in [3.8, 4) is 6.07 Å². The number of esters is 1. The van der Waals surface area contributed by atoms with E-state index in [2.05, 4.69) is 0 Å². The average Bonchev–Trinajstić information content (AvgIpc) is 3.28. The van der Waals surface area contributed by atoms with Crippen molar-refractivity contribution in [1.82, 2.24) is 0 Å². The molecule has 4 aliphatic heterocycles. The fourth-order valence-electron chi connectivity index (χ4n) is 6.85. The van der Waals surface area contributed by atoms with E-state index in [0.717, 1.165) is 12.1 Å². The molecule has 1 spiro atoms. The number of methoxy groups -OCH3 is 1. The Morgan fingerprint density at radius 2 is 2.09 bits per heavy atom. The van der Waals surface area contributed by atoms with E-state index in [1.54, 1.807) is 19.9 Å². The Morgan fingerprint density at radius 1 is 1.36 bits per heavy atom. The number of amides is 1. The molecule has 10 heteroatoms. The van der Waals surface area contributed by atoms with Gasteiger partial charge in [-0.2, -0.15) is 18.4 Å². The van der Waals surface area contributed by atoms with E-state index in [4.69, 9.17) is 19.5 Å². The Labute approximate surface area is 188 Å². The van der Waals surface area contributed by atoms with Crippen LogP contribution in [0.15, 0.2) is 18.2 Å². The SMILES string of the molecule is COC(=O)C[C@H]1C[C@@]23CCO[C@@]4(C)[C@@H]2[C@H](C(=O)N4c2ccc(C#N)c(C(F)(F)F)c2)[C@]1(C)O3. The predicted molar refractivity (Wildman–Crippen MR) is 107 cm³/mol. The molecule has 0 saturated carbocycles. The van der Waals surface area contributed by atoms with Gasteiger partial charge in [0.1, 0.15) is 0 Å². The Kier molecular flexibility index (Phi) is 4.50. The maximum atomic E-state index is 13.8. The lowest BCUT2D eigenvalue weighted by Crippen LogP contribution is -2.60. The molecule has 4 heterocycles. The minimum Gasteiger partial charge on any atom is -0.469 e. The molecule has 0 aromatic heterocycles. The van der Waals surface area contributed by atoms with Crippen LogP contribution in [0.3, 0.4) is 0 Å². The molecule has 1 aromatic rings. The van der Waals surface area contributed by atoms with Gasteiger partial charge in [0.05, 0.1) is 60.4 Å². The summed E-state index contributed by atoms with van der Waals surface area (Å²) < 4.78 is 58.3. The van der Waals surface area contributed by atoms with E-state index in [1.807, 2.05) is 0 Å². The fourth-order valence-corrected chi connectivity index (χ4v) is 6.85. The Balaban J connectivity index is 1.62. The highest BCUT2D eigenvalue weighted by Crippen LogP contribution is 2.70. The van der Waals surface area contributed by atoms with E-state index < -0.39 is 57.9 Å². The molecule has 176 valence electrons. The summed E-state index contributed by atoms with van der Waals surface area (Å²) in [5.41, 5.74) is -4.50. The van der Waals surface area contributed by atoms with Gasteiger partial charge in [0.15, 0.2) is 5.72 Å². The first-order valence-corrected chi connectivity index (χ1v) is 10.8. The highest BCUT2D eigenvalue weighted by molar-refractivity contribution is 6.01. The van der Waals surface area contributed by atoms with Crippen molar-refractivity contribution >= 4 is 17.6 Å². The monoisotopic (exact) mass is 464 g/mol. The van der Waals surface area contributed by atoms with Crippen LogP contribution in [0.2, 0.25) is 0 Å². The number of fused-ring (bicyclic) bond motifs is 2. The summed E-state index contributed by atoms with van der Waals surface area (Å²) in [6, 6.07) is 4.83. The third-order valence-corrected chi connectivity index (χ3v) is 8.10. The summed E-state index contributed by atoms with van der Waals surface area (Å²) in [6.07, 6.45) is -3.59. The zero-order valence-electron chi connectivity index (χ0n) is 18.4. The van der Waals surface area contributed by atoms with E-state index in [-0.39, 0.29) is 24.6 Å². The minimum atomic E-state index is -4.75. The molecule has 6 atom stereocenters. The van der Waals surface area contributed by atoms with Gasteiger partial charge in [-0.3, -0.25) is 14.5 Å². The van der Waals surface area contributed by atoms with Crippen LogP contribution in [0.4, 0.5) is 18.9 Å². The van der Waals surface area contributed by atoms with E-state index >= 15 is 0 Å². The number of benzene rings is 1. The van der Waals surface area contributed by atoms with E-state index in [9.17, 15) is 22.8 Å². The Hall–Kier alpha value is -2.64. The van der Waals surface area contributed by atoms with Gasteiger partial charge in [-0.1, -0.05) is 0 Å². The number of carbonyl (C=O) groups is 2. The van der Waals surface area contributed by atoms with Crippen LogP contribution in [0, 0.1) is 29.1 Å². The van der Waals surface area contributed by atoms with Gasteiger partial charge < -0.3 is 14.2 Å². The lowest BCUT2D eigenvalue weighted by molar-refractivity contribution is -0.175. The molecule has 0 unspecified atom stereocenters. The highest BCUT2D eigenvalue weighted by Gasteiger charge is 2.81. The molecule has 33 heavy (non-hydrogen) atoms. The number of hydrogen-bond donors (Lipinski definition) is 0. The second-order valence-corrected chi connectivity index (χ2v) is 9.65. The number of nitriles is 1. The molecule has 4 aliphatic rings. The lowest BCUT2D eigenvalue weighted by atomic mass is 9.59. The van der Waals surface area contributed by atoms with Crippen LogP contribution in [0.5, 0.6) is 0 Å². The Morgan fingerprint density at radius 3 is 2.73 bits per heavy atom. The minimum absolute atomic E-state index is 0.0211. The molecular formula is C23H23F3N2O5. The number of nitrogens with zero attached hydrogens (tertiary/aromatic N) is 2. The zero-order chi connectivity index (χ0) is 24.0. The quantitative estimate of drug-likeness (QED) is 0.637. The van der Waals surface area contributed by atoms with Crippen LogP contribution in [-0.4, -0.2) is 42.5 Å². The summed E-state index contributed by atoms with van der Waals surface area (Å²) in [5, 5.41) is 9.14. The maximum absolute atomic E-state index is 13.8. The summed E-state index contributed by atoms with van der Waals surface area (Å²) in [5.74, 6) is -2.15. The van der Waals surface area contributed by atoms with Crippen molar-refractivity contribution in [1.29, 1.82) is 5.26 Å². The summed E-state index contributed by atoms with van der Waals surface area (Å²) in [6.45, 7) is 3.78. The summed E-state index contributed by atoms with van der Waals surface area (Å²) >= 11 is 0. The second-order valence-electron chi connectivity index (χ2n) is 9.65. The van der Waals surface area contributed by atoms with Crippen molar-refractivity contribution in [3.05, 3.63) is 29.3 Å². The highest BCUT2D eigenvalue weighted by atomic mass is 19.4. The third-order valence-electron chi connectivity index (χ3n) is 8.10. The number of anilines is 1. The normalized spacial score (nSPS) is 38.9. The topological polar surface area (TPSA) is 88.9 Å². The number of halogens is 3. The van der Waals surface area contributed by atoms with Crippen molar-refractivity contribution in [2.75, 3.05) is 18.6 Å². The largest absolute Gasteiger partial charge is 0.469 e. The van der Waals surface area contributed by atoms with Crippen molar-refractivity contribution in [2.24, 2.45) is 17.8 Å². The Bertz CT molecular complexity index is 1100. The zero-order valence-corrected chi connectivity index (χ0v) is 18.4. The number of ether oxygens (including phenoxy) is 3. The first-order valence-electron chi connectivity index (χ1n) is 10.8. The van der Waals surface area contributed by atoms with Crippen molar-refractivity contribution in [3.63, 3.8) is 0 Å². The number of carbonyl (C=O) groups excluding carboxylic acids is 2. The second kappa shape index (κ2) is 6.70. The third kappa shape index (κ3) is 2.75. The van der Waals surface area contributed by atoms with E-state index in [0.29, 0.717) is 12.8 Å². The molecular weight excluding hydrogens is 441 g/mol. The summed E-state index contributed by atoms with van der Waals surface area (Å²) in [4.78, 5) is 27.2. The van der Waals surface area contributed by atoms with Gasteiger partial charge in [0.25, 0.3) is 0 Å². The molecule has 2 bridgehead atoms. The van der Waals surface area contributed by atoms with Crippen LogP contribution in [-0.2, 0) is 30.0 Å². The number of hydrogen-bond acceptors (Lipinski definition) is 6. The van der Waals surface area contributed by atoms with Crippen LogP contribution in [0.25, 0.3) is 0 Å². The van der Waals surface area contributed by atoms with Gasteiger partial charge in [-0.15, -0.1) is 0 Å². The van der Waals surface area contributed by atoms with E-state index in [1.165, 1.54) is 18.1 Å². The molecule has 0 aliphatic carbocycles. The molecule has 0 radical (unpaired) electrons. The first-order chi connectivity index (χ1) is 15.4. The molecule has 7 nitrogen and oxygen atoms in total. The predicted octanol–water partition coefficient (Wildman–Crippen LogP) is 3.40. The smallest absolute Gasteiger partial charge is 0.417 e. The van der Waals surface area contributed by atoms with Gasteiger partial charge in [0.2, 0.25) is 5.91 Å². The van der Waals surface area contributed by atoms with Gasteiger partial charge in [-0.05, 0) is 38.5 Å². The lowest BCUT2D eigenvalue weighted by Gasteiger charge is -2.49. The molecule has 5 rings (SSSR count). The average molecular weight is 464 g/mol. The fraction of sp³-hybridized carbons (Fsp3) is 0.609. The molecule has 4 saturated heterocycles. The van der Waals surface area contributed by atoms with Gasteiger partial charge >= 0.3 is 12.1 Å². The number of alkyl halides is 3. The first kappa shape index (κ1) is 22.2.